The Balaban J connectivity index is 2.17. The Morgan fingerprint density at radius 3 is 2.90 bits per heavy atom. The molecule has 0 amide bonds. The maximum Gasteiger partial charge on any atom is 0.358 e. The molecule has 0 aliphatic heterocycles. The van der Waals surface area contributed by atoms with E-state index in [1.54, 1.807) is 0 Å². The minimum Gasteiger partial charge on any atom is -0.464 e. The van der Waals surface area contributed by atoms with Gasteiger partial charge in [0.05, 0.1) is 7.11 Å². The molecule has 0 atom stereocenters. The van der Waals surface area contributed by atoms with E-state index in [-0.39, 0.29) is 16.5 Å². The summed E-state index contributed by atoms with van der Waals surface area (Å²) in [7, 11) is 1.25. The first-order valence-electron chi connectivity index (χ1n) is 6.09. The summed E-state index contributed by atoms with van der Waals surface area (Å²) in [4.78, 5) is 23.1. The summed E-state index contributed by atoms with van der Waals surface area (Å²) in [6.45, 7) is 0. The van der Waals surface area contributed by atoms with Crippen molar-refractivity contribution in [1.29, 1.82) is 0 Å². The number of halogens is 1. The Kier molecular flexibility index (Phi) is 3.23. The van der Waals surface area contributed by atoms with E-state index in [0.29, 0.717) is 5.82 Å². The second kappa shape index (κ2) is 5.06. The Morgan fingerprint density at radius 2 is 2.14 bits per heavy atom. The van der Waals surface area contributed by atoms with Gasteiger partial charge in [0.2, 0.25) is 0 Å². The SMILES string of the molecule is COC(=O)c1nc(-c2ccc3cc[nH]c3c2)nc(N)c1Cl. The van der Waals surface area contributed by atoms with Crippen molar-refractivity contribution < 1.29 is 9.53 Å². The molecule has 2 aromatic heterocycles. The fourth-order valence-corrected chi connectivity index (χ4v) is 2.17. The summed E-state index contributed by atoms with van der Waals surface area (Å²) in [5.41, 5.74) is 7.35. The predicted octanol–water partition coefficient (Wildman–Crippen LogP) is 2.65. The third kappa shape index (κ3) is 2.30. The maximum absolute atomic E-state index is 11.7. The molecule has 0 spiro atoms. The summed E-state index contributed by atoms with van der Waals surface area (Å²) in [6.07, 6.45) is 1.84. The molecule has 0 aliphatic carbocycles. The van der Waals surface area contributed by atoms with Crippen LogP contribution in [0.25, 0.3) is 22.3 Å². The number of H-pyrrole nitrogens is 1. The highest BCUT2D eigenvalue weighted by Gasteiger charge is 2.18. The van der Waals surface area contributed by atoms with Crippen LogP contribution in [0.5, 0.6) is 0 Å². The van der Waals surface area contributed by atoms with Crippen LogP contribution in [-0.4, -0.2) is 28.0 Å². The first kappa shape index (κ1) is 13.4. The lowest BCUT2D eigenvalue weighted by molar-refractivity contribution is 0.0594. The van der Waals surface area contributed by atoms with Crippen LogP contribution in [0.2, 0.25) is 5.02 Å². The summed E-state index contributed by atoms with van der Waals surface area (Å²) in [5, 5.41) is 1.06. The van der Waals surface area contributed by atoms with Crippen molar-refractivity contribution in [3.8, 4) is 11.4 Å². The Bertz CT molecular complexity index is 844. The van der Waals surface area contributed by atoms with Gasteiger partial charge in [0.15, 0.2) is 11.5 Å². The van der Waals surface area contributed by atoms with Crippen LogP contribution in [0.15, 0.2) is 30.5 Å². The zero-order chi connectivity index (χ0) is 15.0. The number of ether oxygens (including phenoxy) is 1. The van der Waals surface area contributed by atoms with Gasteiger partial charge in [-0.15, -0.1) is 0 Å². The lowest BCUT2D eigenvalue weighted by atomic mass is 10.1. The lowest BCUT2D eigenvalue weighted by Crippen LogP contribution is -2.09. The van der Waals surface area contributed by atoms with Crippen molar-refractivity contribution in [2.75, 3.05) is 12.8 Å². The highest BCUT2D eigenvalue weighted by atomic mass is 35.5. The standard InChI is InChI=1S/C14H11ClN4O2/c1-21-14(20)11-10(15)12(16)19-13(18-11)8-3-2-7-4-5-17-9(7)6-8/h2-6,17H,1H3,(H2,16,18,19). The summed E-state index contributed by atoms with van der Waals surface area (Å²) < 4.78 is 4.65. The summed E-state index contributed by atoms with van der Waals surface area (Å²) >= 11 is 5.95. The van der Waals surface area contributed by atoms with Gasteiger partial charge >= 0.3 is 5.97 Å². The molecule has 0 saturated heterocycles. The second-order valence-corrected chi connectivity index (χ2v) is 4.74. The molecule has 106 valence electrons. The van der Waals surface area contributed by atoms with Gasteiger partial charge in [0.25, 0.3) is 0 Å². The number of nitrogens with one attached hydrogen (secondary N) is 1. The molecule has 2 heterocycles. The van der Waals surface area contributed by atoms with Crippen molar-refractivity contribution in [2.45, 2.75) is 0 Å². The average Bonchev–Trinajstić information content (AvgIpc) is 2.96. The van der Waals surface area contributed by atoms with Crippen LogP contribution in [0.1, 0.15) is 10.5 Å². The quantitative estimate of drug-likeness (QED) is 0.710. The number of methoxy groups -OCH3 is 1. The molecule has 0 fully saturated rings. The number of hydrogen-bond donors (Lipinski definition) is 2. The maximum atomic E-state index is 11.7. The topological polar surface area (TPSA) is 93.9 Å². The van der Waals surface area contributed by atoms with E-state index in [1.165, 1.54) is 7.11 Å². The van der Waals surface area contributed by atoms with Crippen LogP contribution in [0.3, 0.4) is 0 Å². The number of carbonyl (C=O) groups is 1. The molecule has 3 aromatic rings. The molecular formula is C14H11ClN4O2. The number of aromatic nitrogens is 3. The molecule has 0 radical (unpaired) electrons. The van der Waals surface area contributed by atoms with E-state index >= 15 is 0 Å². The molecule has 21 heavy (non-hydrogen) atoms. The molecule has 0 saturated carbocycles. The predicted molar refractivity (Wildman–Crippen MR) is 80.1 cm³/mol. The molecule has 0 bridgehead atoms. The number of benzene rings is 1. The van der Waals surface area contributed by atoms with Crippen LogP contribution in [0.4, 0.5) is 5.82 Å². The van der Waals surface area contributed by atoms with E-state index in [2.05, 4.69) is 19.7 Å². The third-order valence-electron chi connectivity index (χ3n) is 3.07. The number of aromatic amines is 1. The van der Waals surface area contributed by atoms with E-state index in [4.69, 9.17) is 17.3 Å². The van der Waals surface area contributed by atoms with Gasteiger partial charge in [-0.05, 0) is 17.5 Å². The monoisotopic (exact) mass is 302 g/mol. The van der Waals surface area contributed by atoms with Gasteiger partial charge in [0, 0.05) is 17.3 Å². The molecule has 3 N–H and O–H groups in total. The fraction of sp³-hybridized carbons (Fsp3) is 0.0714. The van der Waals surface area contributed by atoms with Gasteiger partial charge in [-0.1, -0.05) is 23.7 Å². The van der Waals surface area contributed by atoms with Crippen molar-refractivity contribution >= 4 is 34.3 Å². The molecular weight excluding hydrogens is 292 g/mol. The van der Waals surface area contributed by atoms with Crippen LogP contribution in [-0.2, 0) is 4.74 Å². The first-order chi connectivity index (χ1) is 10.1. The van der Waals surface area contributed by atoms with Gasteiger partial charge in [-0.25, -0.2) is 14.8 Å². The Morgan fingerprint density at radius 1 is 1.33 bits per heavy atom. The number of hydrogen-bond acceptors (Lipinski definition) is 5. The molecule has 1 aromatic carbocycles. The number of anilines is 1. The second-order valence-electron chi connectivity index (χ2n) is 4.37. The van der Waals surface area contributed by atoms with Crippen LogP contribution >= 0.6 is 11.6 Å². The van der Waals surface area contributed by atoms with E-state index in [0.717, 1.165) is 16.5 Å². The van der Waals surface area contributed by atoms with Crippen molar-refractivity contribution in [2.24, 2.45) is 0 Å². The van der Waals surface area contributed by atoms with E-state index < -0.39 is 5.97 Å². The number of rotatable bonds is 2. The first-order valence-corrected chi connectivity index (χ1v) is 6.47. The van der Waals surface area contributed by atoms with E-state index in [1.807, 2.05) is 30.5 Å². The summed E-state index contributed by atoms with van der Waals surface area (Å²) in [6, 6.07) is 7.60. The number of nitrogen functional groups attached to an aromatic ring is 1. The van der Waals surface area contributed by atoms with Crippen molar-refractivity contribution in [3.63, 3.8) is 0 Å². The molecule has 7 heteroatoms. The molecule has 6 nitrogen and oxygen atoms in total. The number of nitrogens with zero attached hydrogens (tertiary/aromatic N) is 2. The fourth-order valence-electron chi connectivity index (χ4n) is 2.01. The van der Waals surface area contributed by atoms with Crippen molar-refractivity contribution in [1.82, 2.24) is 15.0 Å². The zero-order valence-electron chi connectivity index (χ0n) is 11.1. The highest BCUT2D eigenvalue weighted by Crippen LogP contribution is 2.27. The minimum atomic E-state index is -0.656. The molecule has 0 aliphatic rings. The number of carbonyl (C=O) groups excluding carboxylic acids is 1. The average molecular weight is 303 g/mol. The normalized spacial score (nSPS) is 10.8. The minimum absolute atomic E-state index is 0.00782. The highest BCUT2D eigenvalue weighted by molar-refractivity contribution is 6.35. The molecule has 3 rings (SSSR count). The number of nitrogens with two attached hydrogens (primary N) is 1. The smallest absolute Gasteiger partial charge is 0.358 e. The van der Waals surface area contributed by atoms with Gasteiger partial charge in [0.1, 0.15) is 10.8 Å². The van der Waals surface area contributed by atoms with Gasteiger partial charge in [-0.3, -0.25) is 0 Å². The Labute approximate surface area is 124 Å². The van der Waals surface area contributed by atoms with E-state index in [9.17, 15) is 4.79 Å². The van der Waals surface area contributed by atoms with Crippen molar-refractivity contribution in [3.05, 3.63) is 41.2 Å². The lowest BCUT2D eigenvalue weighted by Gasteiger charge is -2.07. The Hall–Kier alpha value is -2.60. The molecule has 0 unspecified atom stereocenters. The number of esters is 1. The van der Waals surface area contributed by atoms with Crippen LogP contribution < -0.4 is 5.73 Å². The third-order valence-corrected chi connectivity index (χ3v) is 3.44. The largest absolute Gasteiger partial charge is 0.464 e. The van der Waals surface area contributed by atoms with Gasteiger partial charge in [-0.2, -0.15) is 0 Å². The summed E-state index contributed by atoms with van der Waals surface area (Å²) in [5.74, 6) is -0.307. The van der Waals surface area contributed by atoms with Crippen LogP contribution in [0, 0.1) is 0 Å². The van der Waals surface area contributed by atoms with Gasteiger partial charge < -0.3 is 15.5 Å². The zero-order valence-corrected chi connectivity index (χ0v) is 11.8. The number of fused-ring (bicyclic) bond motifs is 1.